The van der Waals surface area contributed by atoms with Crippen molar-refractivity contribution >= 4 is 70.1 Å². The smallest absolute Gasteiger partial charge is 0.0546 e. The number of hydrogen-bond acceptors (Lipinski definition) is 2. The molecule has 2 heteroatoms. The van der Waals surface area contributed by atoms with Gasteiger partial charge < -0.3 is 4.90 Å². The third kappa shape index (κ3) is 6.12. The van der Waals surface area contributed by atoms with Crippen LogP contribution in [-0.4, -0.2) is 0 Å². The van der Waals surface area contributed by atoms with Crippen LogP contribution in [0.15, 0.2) is 224 Å². The van der Waals surface area contributed by atoms with E-state index in [1.54, 1.807) is 0 Å². The summed E-state index contributed by atoms with van der Waals surface area (Å²) in [6.07, 6.45) is 0. The fourth-order valence-corrected chi connectivity index (χ4v) is 9.69. The van der Waals surface area contributed by atoms with Crippen LogP contribution in [0.5, 0.6) is 0 Å². The Morgan fingerprint density at radius 1 is 0.276 bits per heavy atom. The molecule has 0 spiro atoms. The largest absolute Gasteiger partial charge is 0.310 e. The fourth-order valence-electron chi connectivity index (χ4n) is 8.55. The Labute approximate surface area is 342 Å². The van der Waals surface area contributed by atoms with Gasteiger partial charge in [0.05, 0.1) is 5.69 Å². The number of benzene rings is 10. The van der Waals surface area contributed by atoms with E-state index in [1.807, 2.05) is 11.3 Å². The second-order valence-electron chi connectivity index (χ2n) is 14.9. The highest BCUT2D eigenvalue weighted by atomic mass is 32.1. The molecule has 1 aromatic heterocycles. The highest BCUT2D eigenvalue weighted by Crippen LogP contribution is 2.46. The van der Waals surface area contributed by atoms with Gasteiger partial charge in [-0.3, -0.25) is 0 Å². The third-order valence-electron chi connectivity index (χ3n) is 11.4. The molecule has 58 heavy (non-hydrogen) atoms. The highest BCUT2D eigenvalue weighted by Gasteiger charge is 2.20. The Kier molecular flexibility index (Phi) is 8.42. The minimum Gasteiger partial charge on any atom is -0.310 e. The number of fused-ring (bicyclic) bond motifs is 5. The molecule has 0 N–H and O–H groups in total. The van der Waals surface area contributed by atoms with E-state index >= 15 is 0 Å². The van der Waals surface area contributed by atoms with Gasteiger partial charge in [-0.15, -0.1) is 11.3 Å². The van der Waals surface area contributed by atoms with Gasteiger partial charge in [-0.25, -0.2) is 0 Å². The van der Waals surface area contributed by atoms with E-state index in [0.29, 0.717) is 0 Å². The quantitative estimate of drug-likeness (QED) is 0.157. The summed E-state index contributed by atoms with van der Waals surface area (Å²) in [6, 6.07) is 82.1. The molecule has 0 aliphatic carbocycles. The molecule has 0 atom stereocenters. The van der Waals surface area contributed by atoms with Crippen molar-refractivity contribution in [2.45, 2.75) is 0 Å². The molecule has 10 aromatic carbocycles. The lowest BCUT2D eigenvalue weighted by molar-refractivity contribution is 1.29. The number of thiophene rings is 1. The fraction of sp³-hybridized carbons (Fsp3) is 0. The lowest BCUT2D eigenvalue weighted by Crippen LogP contribution is -2.11. The molecule has 0 unspecified atom stereocenters. The Bertz CT molecular complexity index is 3280. The predicted octanol–water partition coefficient (Wildman–Crippen LogP) is 16.5. The summed E-state index contributed by atoms with van der Waals surface area (Å²) in [5.74, 6) is 0. The molecule has 0 radical (unpaired) electrons. The summed E-state index contributed by atoms with van der Waals surface area (Å²) in [7, 11) is 0. The normalized spacial score (nSPS) is 11.4. The van der Waals surface area contributed by atoms with Crippen LogP contribution in [-0.2, 0) is 0 Å². The van der Waals surface area contributed by atoms with Gasteiger partial charge in [0.25, 0.3) is 0 Å². The van der Waals surface area contributed by atoms with Gasteiger partial charge in [0.1, 0.15) is 0 Å². The van der Waals surface area contributed by atoms with Crippen molar-refractivity contribution in [2.24, 2.45) is 0 Å². The monoisotopic (exact) mass is 755 g/mol. The zero-order valence-corrected chi connectivity index (χ0v) is 32.5. The van der Waals surface area contributed by atoms with E-state index in [4.69, 9.17) is 0 Å². The minimum absolute atomic E-state index is 1.10. The Morgan fingerprint density at radius 3 is 1.76 bits per heavy atom. The zero-order chi connectivity index (χ0) is 38.4. The van der Waals surface area contributed by atoms with Gasteiger partial charge >= 0.3 is 0 Å². The first-order valence-electron chi connectivity index (χ1n) is 19.8. The Balaban J connectivity index is 1.08. The lowest BCUT2D eigenvalue weighted by atomic mass is 9.94. The molecule has 0 fully saturated rings. The summed E-state index contributed by atoms with van der Waals surface area (Å²) in [4.78, 5) is 2.45. The predicted molar refractivity (Wildman–Crippen MR) is 251 cm³/mol. The van der Waals surface area contributed by atoms with Crippen LogP contribution in [0.4, 0.5) is 17.1 Å². The molecule has 11 rings (SSSR count). The highest BCUT2D eigenvalue weighted by molar-refractivity contribution is 7.25. The lowest BCUT2D eigenvalue weighted by Gasteiger charge is -2.29. The van der Waals surface area contributed by atoms with Crippen molar-refractivity contribution in [1.82, 2.24) is 0 Å². The van der Waals surface area contributed by atoms with Crippen LogP contribution < -0.4 is 4.90 Å². The van der Waals surface area contributed by atoms with E-state index < -0.39 is 0 Å². The van der Waals surface area contributed by atoms with Crippen molar-refractivity contribution in [3.05, 3.63) is 224 Å². The van der Waals surface area contributed by atoms with Crippen LogP contribution in [0.2, 0.25) is 0 Å². The molecule has 0 saturated carbocycles. The molecule has 0 amide bonds. The summed E-state index contributed by atoms with van der Waals surface area (Å²) < 4.78 is 2.58. The van der Waals surface area contributed by atoms with Crippen molar-refractivity contribution in [3.63, 3.8) is 0 Å². The maximum absolute atomic E-state index is 2.45. The van der Waals surface area contributed by atoms with Gasteiger partial charge in [-0.1, -0.05) is 176 Å². The maximum atomic E-state index is 2.45. The molecular formula is C56H37NS. The van der Waals surface area contributed by atoms with Crippen LogP contribution in [0.1, 0.15) is 0 Å². The van der Waals surface area contributed by atoms with Crippen molar-refractivity contribution in [2.75, 3.05) is 4.90 Å². The summed E-state index contributed by atoms with van der Waals surface area (Å²) >= 11 is 1.86. The van der Waals surface area contributed by atoms with Gasteiger partial charge in [0.15, 0.2) is 0 Å². The van der Waals surface area contributed by atoms with Crippen LogP contribution in [0.3, 0.4) is 0 Å². The van der Waals surface area contributed by atoms with Crippen LogP contribution >= 0.6 is 11.3 Å². The summed E-state index contributed by atoms with van der Waals surface area (Å²) in [6.45, 7) is 0. The number of nitrogens with zero attached hydrogens (tertiary/aromatic N) is 1. The van der Waals surface area contributed by atoms with E-state index in [-0.39, 0.29) is 0 Å². The van der Waals surface area contributed by atoms with E-state index in [1.165, 1.54) is 86.2 Å². The van der Waals surface area contributed by atoms with Gasteiger partial charge in [0.2, 0.25) is 0 Å². The number of rotatable bonds is 7. The molecule has 0 aliphatic heterocycles. The first-order valence-corrected chi connectivity index (χ1v) is 20.6. The zero-order valence-electron chi connectivity index (χ0n) is 31.7. The first kappa shape index (κ1) is 34.0. The summed E-state index contributed by atoms with van der Waals surface area (Å²) in [5.41, 5.74) is 12.9. The Morgan fingerprint density at radius 2 is 0.879 bits per heavy atom. The second kappa shape index (κ2) is 14.4. The number of anilines is 3. The first-order chi connectivity index (χ1) is 28.7. The molecule has 272 valence electrons. The van der Waals surface area contributed by atoms with Crippen LogP contribution in [0.25, 0.3) is 86.2 Å². The van der Waals surface area contributed by atoms with E-state index in [9.17, 15) is 0 Å². The van der Waals surface area contributed by atoms with E-state index in [2.05, 4.69) is 229 Å². The minimum atomic E-state index is 1.10. The van der Waals surface area contributed by atoms with Gasteiger partial charge in [0, 0.05) is 37.1 Å². The molecule has 1 heterocycles. The third-order valence-corrected chi connectivity index (χ3v) is 12.6. The topological polar surface area (TPSA) is 3.24 Å². The maximum Gasteiger partial charge on any atom is 0.0546 e. The molecule has 0 bridgehead atoms. The Hall–Kier alpha value is -7.26. The molecule has 1 nitrogen and oxygen atoms in total. The second-order valence-corrected chi connectivity index (χ2v) is 16.0. The average molecular weight is 756 g/mol. The van der Waals surface area contributed by atoms with Gasteiger partial charge in [-0.05, 0) is 109 Å². The van der Waals surface area contributed by atoms with Crippen molar-refractivity contribution < 1.29 is 0 Å². The molecule has 11 aromatic rings. The summed E-state index contributed by atoms with van der Waals surface area (Å²) in [5, 5.41) is 7.60. The van der Waals surface area contributed by atoms with Crippen LogP contribution in [0, 0.1) is 0 Å². The number of hydrogen-bond donors (Lipinski definition) is 0. The SMILES string of the molecule is c1ccc(-c2ccc(-c3ccc4ccccc4c3)cc2N(c2ccc(-c3cccc(-c4cccc5ccccc45)c3)cc2)c2ccc3c(c2)sc2ccccc23)cc1. The van der Waals surface area contributed by atoms with Crippen molar-refractivity contribution in [3.8, 4) is 44.5 Å². The van der Waals surface area contributed by atoms with Crippen molar-refractivity contribution in [1.29, 1.82) is 0 Å². The molecule has 0 saturated heterocycles. The molecule has 0 aliphatic rings. The van der Waals surface area contributed by atoms with E-state index in [0.717, 1.165) is 17.1 Å². The van der Waals surface area contributed by atoms with Gasteiger partial charge in [-0.2, -0.15) is 0 Å². The molecular weight excluding hydrogens is 719 g/mol. The standard InChI is InChI=1S/C56H37NS/c1-2-13-41(14-3-1)51-32-28-45(44-25-24-38-12-4-5-16-42(38)34-44)36-54(51)57(48-31-33-53-52-21-8-9-23-55(52)58-56(53)37-48)47-29-26-39(27-30-47)43-18-10-19-46(35-43)50-22-11-17-40-15-6-7-20-49(40)50/h1-37H. The average Bonchev–Trinajstić information content (AvgIpc) is 3.67.